The summed E-state index contributed by atoms with van der Waals surface area (Å²) < 4.78 is 5.36. The molecule has 0 N–H and O–H groups in total. The van der Waals surface area contributed by atoms with Crippen LogP contribution >= 0.6 is 0 Å². The molecular formula is C8H14O2. The van der Waals surface area contributed by atoms with Crippen molar-refractivity contribution in [3.63, 3.8) is 0 Å². The Balaban J connectivity index is 2.39. The molecule has 0 aliphatic carbocycles. The van der Waals surface area contributed by atoms with E-state index in [9.17, 15) is 4.79 Å². The molecule has 0 amide bonds. The number of hydrogen-bond acceptors (Lipinski definition) is 2. The molecule has 0 bridgehead atoms. The average Bonchev–Trinajstić information content (AvgIpc) is 2.36. The Labute approximate surface area is 61.6 Å². The standard InChI is InChI=1S/C8H14O2/c1-6(7(2)9)8-4-3-5-10-8/h6,8H,3-5H2,1-2H3. The smallest absolute Gasteiger partial charge is 0.135 e. The van der Waals surface area contributed by atoms with E-state index >= 15 is 0 Å². The van der Waals surface area contributed by atoms with Gasteiger partial charge in [0.15, 0.2) is 0 Å². The molecule has 0 aromatic rings. The molecule has 1 aliphatic heterocycles. The largest absolute Gasteiger partial charge is 0.377 e. The molecule has 1 heterocycles. The second-order valence-corrected chi connectivity index (χ2v) is 2.95. The van der Waals surface area contributed by atoms with Gasteiger partial charge in [-0.1, -0.05) is 6.92 Å². The van der Waals surface area contributed by atoms with Crippen molar-refractivity contribution in [3.8, 4) is 0 Å². The normalized spacial score (nSPS) is 28.4. The molecule has 2 nitrogen and oxygen atoms in total. The highest BCUT2D eigenvalue weighted by atomic mass is 16.5. The summed E-state index contributed by atoms with van der Waals surface area (Å²) in [7, 11) is 0. The Kier molecular flexibility index (Phi) is 2.44. The van der Waals surface area contributed by atoms with Crippen molar-refractivity contribution in [1.29, 1.82) is 0 Å². The number of ether oxygens (including phenoxy) is 1. The highest BCUT2D eigenvalue weighted by Gasteiger charge is 2.24. The van der Waals surface area contributed by atoms with Crippen LogP contribution in [0.25, 0.3) is 0 Å². The Morgan fingerprint density at radius 2 is 2.40 bits per heavy atom. The number of carbonyl (C=O) groups excluding carboxylic acids is 1. The summed E-state index contributed by atoms with van der Waals surface area (Å²) in [6.45, 7) is 4.41. The first-order valence-electron chi connectivity index (χ1n) is 3.84. The van der Waals surface area contributed by atoms with Gasteiger partial charge >= 0.3 is 0 Å². The Morgan fingerprint density at radius 3 is 2.80 bits per heavy atom. The number of carbonyl (C=O) groups is 1. The van der Waals surface area contributed by atoms with Crippen LogP contribution in [0, 0.1) is 5.92 Å². The lowest BCUT2D eigenvalue weighted by Crippen LogP contribution is -2.22. The Morgan fingerprint density at radius 1 is 1.70 bits per heavy atom. The van der Waals surface area contributed by atoms with Crippen LogP contribution in [0.5, 0.6) is 0 Å². The molecule has 0 aromatic carbocycles. The van der Waals surface area contributed by atoms with Crippen molar-refractivity contribution in [2.45, 2.75) is 32.8 Å². The highest BCUT2D eigenvalue weighted by Crippen LogP contribution is 2.20. The summed E-state index contributed by atoms with van der Waals surface area (Å²) >= 11 is 0. The lowest BCUT2D eigenvalue weighted by Gasteiger charge is -2.14. The molecule has 1 saturated heterocycles. The topological polar surface area (TPSA) is 26.3 Å². The molecule has 2 heteroatoms. The van der Waals surface area contributed by atoms with Gasteiger partial charge in [0, 0.05) is 12.5 Å². The molecule has 1 aliphatic rings. The molecule has 10 heavy (non-hydrogen) atoms. The van der Waals surface area contributed by atoms with E-state index in [1.807, 2.05) is 6.92 Å². The summed E-state index contributed by atoms with van der Waals surface area (Å²) in [5, 5.41) is 0. The van der Waals surface area contributed by atoms with E-state index in [0.29, 0.717) is 0 Å². The van der Waals surface area contributed by atoms with Crippen LogP contribution in [-0.2, 0) is 9.53 Å². The third kappa shape index (κ3) is 1.57. The molecule has 0 saturated carbocycles. The zero-order valence-corrected chi connectivity index (χ0v) is 6.59. The second kappa shape index (κ2) is 3.15. The molecule has 0 spiro atoms. The van der Waals surface area contributed by atoms with Crippen molar-refractivity contribution in [2.24, 2.45) is 5.92 Å². The Hall–Kier alpha value is -0.370. The predicted octanol–water partition coefficient (Wildman–Crippen LogP) is 1.39. The van der Waals surface area contributed by atoms with Crippen LogP contribution in [0.2, 0.25) is 0 Å². The molecular weight excluding hydrogens is 128 g/mol. The molecule has 2 atom stereocenters. The fourth-order valence-corrected chi connectivity index (χ4v) is 1.26. The summed E-state index contributed by atoms with van der Waals surface area (Å²) in [6.07, 6.45) is 2.38. The fraction of sp³-hybridized carbons (Fsp3) is 0.875. The van der Waals surface area contributed by atoms with E-state index in [1.54, 1.807) is 6.92 Å². The SMILES string of the molecule is CC(=O)C(C)C1CCCO1. The van der Waals surface area contributed by atoms with Crippen molar-refractivity contribution >= 4 is 5.78 Å². The van der Waals surface area contributed by atoms with Gasteiger partial charge in [-0.2, -0.15) is 0 Å². The lowest BCUT2D eigenvalue weighted by atomic mass is 9.99. The van der Waals surface area contributed by atoms with E-state index in [1.165, 1.54) is 0 Å². The van der Waals surface area contributed by atoms with Crippen molar-refractivity contribution in [2.75, 3.05) is 6.61 Å². The van der Waals surface area contributed by atoms with Crippen molar-refractivity contribution < 1.29 is 9.53 Å². The second-order valence-electron chi connectivity index (χ2n) is 2.95. The van der Waals surface area contributed by atoms with Crippen LogP contribution in [-0.4, -0.2) is 18.5 Å². The minimum atomic E-state index is 0.0995. The molecule has 58 valence electrons. The van der Waals surface area contributed by atoms with Gasteiger partial charge in [0.25, 0.3) is 0 Å². The zero-order chi connectivity index (χ0) is 7.56. The maximum Gasteiger partial charge on any atom is 0.135 e. The van der Waals surface area contributed by atoms with E-state index in [2.05, 4.69) is 0 Å². The van der Waals surface area contributed by atoms with Gasteiger partial charge in [0.05, 0.1) is 6.10 Å². The van der Waals surface area contributed by atoms with Gasteiger partial charge in [0.2, 0.25) is 0 Å². The van der Waals surface area contributed by atoms with Crippen LogP contribution in [0.15, 0.2) is 0 Å². The van der Waals surface area contributed by atoms with Gasteiger partial charge in [-0.25, -0.2) is 0 Å². The van der Waals surface area contributed by atoms with Gasteiger partial charge < -0.3 is 4.74 Å². The Bertz CT molecular complexity index is 125. The van der Waals surface area contributed by atoms with Gasteiger partial charge in [-0.15, -0.1) is 0 Å². The van der Waals surface area contributed by atoms with Gasteiger partial charge in [-0.05, 0) is 19.8 Å². The van der Waals surface area contributed by atoms with Crippen molar-refractivity contribution in [1.82, 2.24) is 0 Å². The van der Waals surface area contributed by atoms with E-state index in [0.717, 1.165) is 19.4 Å². The van der Waals surface area contributed by atoms with Crippen LogP contribution in [0.4, 0.5) is 0 Å². The third-order valence-electron chi connectivity index (χ3n) is 2.16. The monoisotopic (exact) mass is 142 g/mol. The number of ketones is 1. The van der Waals surface area contributed by atoms with Crippen LogP contribution < -0.4 is 0 Å². The van der Waals surface area contributed by atoms with Crippen LogP contribution in [0.1, 0.15) is 26.7 Å². The van der Waals surface area contributed by atoms with Crippen molar-refractivity contribution in [3.05, 3.63) is 0 Å². The lowest BCUT2D eigenvalue weighted by molar-refractivity contribution is -0.123. The highest BCUT2D eigenvalue weighted by molar-refractivity contribution is 5.78. The molecule has 0 aromatic heterocycles. The van der Waals surface area contributed by atoms with Gasteiger partial charge in [-0.3, -0.25) is 4.79 Å². The van der Waals surface area contributed by atoms with E-state index < -0.39 is 0 Å². The first-order chi connectivity index (χ1) is 4.72. The fourth-order valence-electron chi connectivity index (χ4n) is 1.26. The van der Waals surface area contributed by atoms with Crippen LogP contribution in [0.3, 0.4) is 0 Å². The number of rotatable bonds is 2. The third-order valence-corrected chi connectivity index (χ3v) is 2.16. The summed E-state index contributed by atoms with van der Waals surface area (Å²) in [4.78, 5) is 10.9. The minimum Gasteiger partial charge on any atom is -0.377 e. The maximum atomic E-state index is 10.9. The van der Waals surface area contributed by atoms with E-state index in [4.69, 9.17) is 4.74 Å². The molecule has 0 radical (unpaired) electrons. The minimum absolute atomic E-state index is 0.0995. The summed E-state index contributed by atoms with van der Waals surface area (Å²) in [5.41, 5.74) is 0. The van der Waals surface area contributed by atoms with Gasteiger partial charge in [0.1, 0.15) is 5.78 Å². The quantitative estimate of drug-likeness (QED) is 0.582. The zero-order valence-electron chi connectivity index (χ0n) is 6.59. The average molecular weight is 142 g/mol. The number of Topliss-reactive ketones (excluding diaryl/α,β-unsaturated/α-hetero) is 1. The first-order valence-corrected chi connectivity index (χ1v) is 3.84. The summed E-state index contributed by atoms with van der Waals surface area (Å²) in [6, 6.07) is 0. The molecule has 1 fully saturated rings. The molecule has 1 rings (SSSR count). The maximum absolute atomic E-state index is 10.9. The molecule has 2 unspecified atom stereocenters. The first kappa shape index (κ1) is 7.73. The predicted molar refractivity (Wildman–Crippen MR) is 38.8 cm³/mol. The van der Waals surface area contributed by atoms with E-state index in [-0.39, 0.29) is 17.8 Å². The number of hydrogen-bond donors (Lipinski definition) is 0. The summed E-state index contributed by atoms with van der Waals surface area (Å²) in [5.74, 6) is 0.342.